The van der Waals surface area contributed by atoms with Crippen molar-refractivity contribution in [1.82, 2.24) is 0 Å². The van der Waals surface area contributed by atoms with Crippen LogP contribution in [-0.2, 0) is 6.42 Å². The van der Waals surface area contributed by atoms with Gasteiger partial charge in [-0.15, -0.1) is 0 Å². The molecule has 0 fully saturated rings. The minimum Gasteiger partial charge on any atom is -0.330 e. The fourth-order valence-electron chi connectivity index (χ4n) is 2.18. The van der Waals surface area contributed by atoms with E-state index in [0.29, 0.717) is 6.54 Å². The highest BCUT2D eigenvalue weighted by atomic mass is 32.2. The Labute approximate surface area is 120 Å². The number of hydrogen-bond acceptors (Lipinski definition) is 2. The third-order valence-corrected chi connectivity index (χ3v) is 4.58. The molecule has 0 heterocycles. The van der Waals surface area contributed by atoms with Crippen LogP contribution in [0, 0.1) is 20.8 Å². The minimum absolute atomic E-state index is 0.711. The summed E-state index contributed by atoms with van der Waals surface area (Å²) in [6, 6.07) is 13.3. The van der Waals surface area contributed by atoms with Gasteiger partial charge in [-0.2, -0.15) is 0 Å². The van der Waals surface area contributed by atoms with E-state index >= 15 is 0 Å². The molecule has 2 N–H and O–H groups in total. The average molecular weight is 271 g/mol. The third-order valence-electron chi connectivity index (χ3n) is 3.22. The van der Waals surface area contributed by atoms with Gasteiger partial charge in [0.1, 0.15) is 0 Å². The zero-order valence-electron chi connectivity index (χ0n) is 11.9. The highest BCUT2D eigenvalue weighted by Gasteiger charge is 2.05. The summed E-state index contributed by atoms with van der Waals surface area (Å²) >= 11 is 1.85. The van der Waals surface area contributed by atoms with Crippen LogP contribution in [0.1, 0.15) is 22.3 Å². The molecule has 0 saturated carbocycles. The molecule has 19 heavy (non-hydrogen) atoms. The van der Waals surface area contributed by atoms with Gasteiger partial charge in [-0.3, -0.25) is 0 Å². The lowest BCUT2D eigenvalue weighted by molar-refractivity contribution is 0.963. The average Bonchev–Trinajstić information content (AvgIpc) is 2.36. The molecule has 0 aliphatic carbocycles. The van der Waals surface area contributed by atoms with E-state index in [4.69, 9.17) is 5.73 Å². The Morgan fingerprint density at radius 2 is 1.53 bits per heavy atom. The SMILES string of the molecule is Cc1ccc(Sc2ccc(CCN)cc2C)c(C)c1. The summed E-state index contributed by atoms with van der Waals surface area (Å²) in [7, 11) is 0. The van der Waals surface area contributed by atoms with Gasteiger partial charge in [0, 0.05) is 9.79 Å². The monoisotopic (exact) mass is 271 g/mol. The van der Waals surface area contributed by atoms with E-state index in [-0.39, 0.29) is 0 Å². The van der Waals surface area contributed by atoms with E-state index in [1.807, 2.05) is 11.8 Å². The molecule has 0 unspecified atom stereocenters. The van der Waals surface area contributed by atoms with Gasteiger partial charge < -0.3 is 5.73 Å². The lowest BCUT2D eigenvalue weighted by Gasteiger charge is -2.10. The van der Waals surface area contributed by atoms with E-state index in [1.165, 1.54) is 32.0 Å². The zero-order chi connectivity index (χ0) is 13.8. The van der Waals surface area contributed by atoms with E-state index in [0.717, 1.165) is 6.42 Å². The van der Waals surface area contributed by atoms with Crippen molar-refractivity contribution in [3.63, 3.8) is 0 Å². The van der Waals surface area contributed by atoms with Crippen LogP contribution in [0.3, 0.4) is 0 Å². The van der Waals surface area contributed by atoms with Crippen LogP contribution in [0.25, 0.3) is 0 Å². The molecule has 2 aromatic rings. The lowest BCUT2D eigenvalue weighted by atomic mass is 10.1. The number of aryl methyl sites for hydroxylation is 3. The number of hydrogen-bond donors (Lipinski definition) is 1. The molecule has 0 aliphatic rings. The van der Waals surface area contributed by atoms with Crippen LogP contribution in [0.2, 0.25) is 0 Å². The van der Waals surface area contributed by atoms with Gasteiger partial charge in [-0.1, -0.05) is 41.6 Å². The van der Waals surface area contributed by atoms with Crippen molar-refractivity contribution in [2.24, 2.45) is 5.73 Å². The first-order valence-corrected chi connectivity index (χ1v) is 7.46. The highest BCUT2D eigenvalue weighted by Crippen LogP contribution is 2.33. The number of rotatable bonds is 4. The summed E-state index contributed by atoms with van der Waals surface area (Å²) in [5, 5.41) is 0. The predicted molar refractivity (Wildman–Crippen MR) is 84.0 cm³/mol. The maximum Gasteiger partial charge on any atom is 0.0151 e. The third kappa shape index (κ3) is 3.62. The van der Waals surface area contributed by atoms with Crippen LogP contribution in [0.15, 0.2) is 46.2 Å². The maximum atomic E-state index is 5.60. The predicted octanol–water partition coefficient (Wildman–Crippen LogP) is 4.26. The van der Waals surface area contributed by atoms with Gasteiger partial charge in [0.05, 0.1) is 0 Å². The van der Waals surface area contributed by atoms with Gasteiger partial charge in [0.15, 0.2) is 0 Å². The number of nitrogens with two attached hydrogens (primary N) is 1. The van der Waals surface area contributed by atoms with Crippen molar-refractivity contribution in [2.75, 3.05) is 6.54 Å². The summed E-state index contributed by atoms with van der Waals surface area (Å²) in [6.07, 6.45) is 0.954. The second-order valence-electron chi connectivity index (χ2n) is 5.01. The molecule has 0 spiro atoms. The summed E-state index contributed by atoms with van der Waals surface area (Å²) < 4.78 is 0. The summed E-state index contributed by atoms with van der Waals surface area (Å²) in [4.78, 5) is 2.66. The number of benzene rings is 2. The van der Waals surface area contributed by atoms with Gasteiger partial charge in [0.2, 0.25) is 0 Å². The molecule has 0 aliphatic heterocycles. The Balaban J connectivity index is 2.23. The second kappa shape index (κ2) is 6.27. The molecule has 0 bridgehead atoms. The fourth-order valence-corrected chi connectivity index (χ4v) is 3.13. The van der Waals surface area contributed by atoms with Crippen molar-refractivity contribution < 1.29 is 0 Å². The molecule has 2 rings (SSSR count). The molecular formula is C17H21NS. The van der Waals surface area contributed by atoms with Crippen molar-refractivity contribution in [1.29, 1.82) is 0 Å². The first-order valence-electron chi connectivity index (χ1n) is 6.65. The van der Waals surface area contributed by atoms with Crippen LogP contribution >= 0.6 is 11.8 Å². The van der Waals surface area contributed by atoms with Gasteiger partial charge in [0.25, 0.3) is 0 Å². The van der Waals surface area contributed by atoms with Gasteiger partial charge >= 0.3 is 0 Å². The van der Waals surface area contributed by atoms with Crippen molar-refractivity contribution in [3.05, 3.63) is 58.7 Å². The lowest BCUT2D eigenvalue weighted by Crippen LogP contribution is -2.02. The van der Waals surface area contributed by atoms with Crippen molar-refractivity contribution in [2.45, 2.75) is 37.0 Å². The Morgan fingerprint density at radius 3 is 2.11 bits per heavy atom. The molecular weight excluding hydrogens is 250 g/mol. The molecule has 0 amide bonds. The quantitative estimate of drug-likeness (QED) is 0.899. The van der Waals surface area contributed by atoms with Crippen LogP contribution in [0.5, 0.6) is 0 Å². The van der Waals surface area contributed by atoms with Gasteiger partial charge in [-0.05, 0) is 62.6 Å². The molecule has 0 saturated heterocycles. The highest BCUT2D eigenvalue weighted by molar-refractivity contribution is 7.99. The Hall–Kier alpha value is -1.25. The fraction of sp³-hybridized carbons (Fsp3) is 0.294. The molecule has 100 valence electrons. The molecule has 0 aromatic heterocycles. The van der Waals surface area contributed by atoms with E-state index in [2.05, 4.69) is 57.2 Å². The summed E-state index contributed by atoms with van der Waals surface area (Å²) in [6.45, 7) is 7.19. The minimum atomic E-state index is 0.711. The molecule has 2 aromatic carbocycles. The normalized spacial score (nSPS) is 10.7. The van der Waals surface area contributed by atoms with Crippen molar-refractivity contribution >= 4 is 11.8 Å². The smallest absolute Gasteiger partial charge is 0.0151 e. The topological polar surface area (TPSA) is 26.0 Å². The molecule has 0 atom stereocenters. The van der Waals surface area contributed by atoms with Crippen molar-refractivity contribution in [3.8, 4) is 0 Å². The maximum absolute atomic E-state index is 5.60. The summed E-state index contributed by atoms with van der Waals surface area (Å²) in [5.74, 6) is 0. The van der Waals surface area contributed by atoms with Crippen LogP contribution in [0.4, 0.5) is 0 Å². The van der Waals surface area contributed by atoms with Crippen LogP contribution < -0.4 is 5.73 Å². The largest absolute Gasteiger partial charge is 0.330 e. The Morgan fingerprint density at radius 1 is 0.895 bits per heavy atom. The van der Waals surface area contributed by atoms with E-state index in [9.17, 15) is 0 Å². The second-order valence-corrected chi connectivity index (χ2v) is 6.09. The van der Waals surface area contributed by atoms with Gasteiger partial charge in [-0.25, -0.2) is 0 Å². The van der Waals surface area contributed by atoms with Crippen LogP contribution in [-0.4, -0.2) is 6.54 Å². The standard InChI is InChI=1S/C17H21NS/c1-12-4-6-16(13(2)10-12)19-17-7-5-15(8-9-18)11-14(17)3/h4-7,10-11H,8-9,18H2,1-3H3. The molecule has 0 radical (unpaired) electrons. The van der Waals surface area contributed by atoms with E-state index in [1.54, 1.807) is 0 Å². The van der Waals surface area contributed by atoms with E-state index < -0.39 is 0 Å². The Kier molecular flexibility index (Phi) is 4.67. The first-order chi connectivity index (χ1) is 9.10. The molecule has 2 heteroatoms. The molecule has 1 nitrogen and oxygen atoms in total. The summed E-state index contributed by atoms with van der Waals surface area (Å²) in [5.41, 5.74) is 10.9. The Bertz CT molecular complexity index is 575. The first kappa shape index (κ1) is 14.2. The zero-order valence-corrected chi connectivity index (χ0v) is 12.7.